The molecule has 1 atom stereocenters. The molecule has 7 nitrogen and oxygen atoms in total. The second-order valence-corrected chi connectivity index (χ2v) is 7.92. The van der Waals surface area contributed by atoms with Crippen molar-refractivity contribution in [3.8, 4) is 5.75 Å². The van der Waals surface area contributed by atoms with E-state index in [1.807, 2.05) is 17.1 Å². The Balaban J connectivity index is 1.49. The highest BCUT2D eigenvalue weighted by atomic mass is 16.5. The molecule has 0 saturated carbocycles. The molecule has 0 fully saturated rings. The molecule has 1 aromatic carbocycles. The quantitative estimate of drug-likeness (QED) is 0.683. The fraction of sp³-hybridized carbons (Fsp3) is 0.409. The highest BCUT2D eigenvalue weighted by Crippen LogP contribution is 2.33. The number of ether oxygens (including phenoxy) is 1. The summed E-state index contributed by atoms with van der Waals surface area (Å²) in [6.45, 7) is 2.01. The lowest BCUT2D eigenvalue weighted by Gasteiger charge is -2.26. The first-order valence-electron chi connectivity index (χ1n) is 10.2. The largest absolute Gasteiger partial charge is 0.495 e. The van der Waals surface area contributed by atoms with Crippen molar-refractivity contribution in [2.75, 3.05) is 26.0 Å². The maximum Gasteiger partial charge on any atom is 0.229 e. The number of benzene rings is 1. The van der Waals surface area contributed by atoms with E-state index < -0.39 is 0 Å². The van der Waals surface area contributed by atoms with Crippen LogP contribution in [0.3, 0.4) is 0 Å². The average Bonchev–Trinajstić information content (AvgIpc) is 3.17. The van der Waals surface area contributed by atoms with Crippen molar-refractivity contribution >= 4 is 22.7 Å². The van der Waals surface area contributed by atoms with Crippen molar-refractivity contribution in [1.29, 1.82) is 0 Å². The molecule has 29 heavy (non-hydrogen) atoms. The molecular formula is C22H26N6O. The monoisotopic (exact) mass is 390 g/mol. The van der Waals surface area contributed by atoms with Crippen molar-refractivity contribution in [2.45, 2.75) is 38.3 Å². The van der Waals surface area contributed by atoms with Crippen molar-refractivity contribution < 1.29 is 4.74 Å². The number of nitrogens with one attached hydrogen (secondary N) is 1. The van der Waals surface area contributed by atoms with Crippen LogP contribution in [0, 0.1) is 0 Å². The SMILES string of the molecule is COc1cc2c(cc1Nc1ncc3cnn(C4C=CCCC4)c3n1)CN(C)CC2. The molecule has 3 aromatic rings. The molecule has 5 rings (SSSR count). The van der Waals surface area contributed by atoms with E-state index in [1.165, 1.54) is 17.5 Å². The number of nitrogens with zero attached hydrogens (tertiary/aromatic N) is 5. The molecule has 0 spiro atoms. The van der Waals surface area contributed by atoms with Crippen LogP contribution >= 0.6 is 0 Å². The van der Waals surface area contributed by atoms with Crippen LogP contribution in [0.4, 0.5) is 11.6 Å². The van der Waals surface area contributed by atoms with Gasteiger partial charge in [0.25, 0.3) is 0 Å². The van der Waals surface area contributed by atoms with Gasteiger partial charge in [0.05, 0.1) is 30.4 Å². The number of methoxy groups -OCH3 is 1. The van der Waals surface area contributed by atoms with Crippen LogP contribution in [-0.4, -0.2) is 45.4 Å². The molecule has 0 amide bonds. The maximum atomic E-state index is 5.64. The van der Waals surface area contributed by atoms with E-state index in [1.54, 1.807) is 7.11 Å². The highest BCUT2D eigenvalue weighted by Gasteiger charge is 2.19. The van der Waals surface area contributed by atoms with Crippen LogP contribution < -0.4 is 10.1 Å². The average molecular weight is 390 g/mol. The first kappa shape index (κ1) is 18.1. The summed E-state index contributed by atoms with van der Waals surface area (Å²) in [6.07, 6.45) is 12.6. The van der Waals surface area contributed by atoms with E-state index in [4.69, 9.17) is 9.72 Å². The molecule has 1 unspecified atom stereocenters. The summed E-state index contributed by atoms with van der Waals surface area (Å²) >= 11 is 0. The van der Waals surface area contributed by atoms with Gasteiger partial charge in [-0.05, 0) is 56.0 Å². The van der Waals surface area contributed by atoms with Crippen LogP contribution in [0.5, 0.6) is 5.75 Å². The maximum absolute atomic E-state index is 5.64. The number of anilines is 2. The fourth-order valence-corrected chi connectivity index (χ4v) is 4.25. The summed E-state index contributed by atoms with van der Waals surface area (Å²) in [6, 6.07) is 4.57. The van der Waals surface area contributed by atoms with Gasteiger partial charge in [-0.25, -0.2) is 9.67 Å². The van der Waals surface area contributed by atoms with Gasteiger partial charge < -0.3 is 15.0 Å². The first-order valence-corrected chi connectivity index (χ1v) is 10.2. The summed E-state index contributed by atoms with van der Waals surface area (Å²) in [7, 11) is 3.86. The van der Waals surface area contributed by atoms with Crippen molar-refractivity contribution in [2.24, 2.45) is 0 Å². The molecule has 0 saturated heterocycles. The summed E-state index contributed by atoms with van der Waals surface area (Å²) in [5, 5.41) is 8.90. The number of hydrogen-bond donors (Lipinski definition) is 1. The highest BCUT2D eigenvalue weighted by molar-refractivity contribution is 5.76. The summed E-state index contributed by atoms with van der Waals surface area (Å²) < 4.78 is 7.65. The molecule has 2 aliphatic rings. The van der Waals surface area contributed by atoms with Crippen LogP contribution in [-0.2, 0) is 13.0 Å². The number of hydrogen-bond acceptors (Lipinski definition) is 6. The van der Waals surface area contributed by atoms with Gasteiger partial charge in [-0.15, -0.1) is 0 Å². The molecule has 2 aromatic heterocycles. The Morgan fingerprint density at radius 2 is 2.14 bits per heavy atom. The second kappa shape index (κ2) is 7.48. The zero-order chi connectivity index (χ0) is 19.8. The molecule has 0 radical (unpaired) electrons. The van der Waals surface area contributed by atoms with Gasteiger partial charge in [0, 0.05) is 19.3 Å². The molecule has 1 N–H and O–H groups in total. The van der Waals surface area contributed by atoms with Crippen LogP contribution in [0.25, 0.3) is 11.0 Å². The zero-order valence-electron chi connectivity index (χ0n) is 16.9. The van der Waals surface area contributed by atoms with E-state index in [-0.39, 0.29) is 6.04 Å². The van der Waals surface area contributed by atoms with Gasteiger partial charge in [0.1, 0.15) is 5.75 Å². The summed E-state index contributed by atoms with van der Waals surface area (Å²) in [5.41, 5.74) is 4.42. The van der Waals surface area contributed by atoms with Crippen LogP contribution in [0.15, 0.2) is 36.7 Å². The van der Waals surface area contributed by atoms with Crippen molar-refractivity contribution in [3.05, 3.63) is 47.8 Å². The second-order valence-electron chi connectivity index (χ2n) is 7.92. The fourth-order valence-electron chi connectivity index (χ4n) is 4.25. The van der Waals surface area contributed by atoms with E-state index in [0.717, 1.165) is 54.8 Å². The lowest BCUT2D eigenvalue weighted by Crippen LogP contribution is -2.26. The Morgan fingerprint density at radius 1 is 1.21 bits per heavy atom. The molecule has 1 aliphatic heterocycles. The van der Waals surface area contributed by atoms with Gasteiger partial charge in [-0.1, -0.05) is 12.2 Å². The van der Waals surface area contributed by atoms with E-state index in [2.05, 4.69) is 51.6 Å². The zero-order valence-corrected chi connectivity index (χ0v) is 16.9. The normalized spacial score (nSPS) is 19.3. The summed E-state index contributed by atoms with van der Waals surface area (Å²) in [5.74, 6) is 1.38. The molecule has 150 valence electrons. The number of fused-ring (bicyclic) bond motifs is 2. The Hall–Kier alpha value is -2.93. The number of allylic oxidation sites excluding steroid dienone is 2. The lowest BCUT2D eigenvalue weighted by molar-refractivity contribution is 0.312. The van der Waals surface area contributed by atoms with Gasteiger partial charge in [0.2, 0.25) is 5.95 Å². The molecule has 0 bridgehead atoms. The Bertz CT molecular complexity index is 1070. The third-order valence-corrected chi connectivity index (χ3v) is 5.85. The smallest absolute Gasteiger partial charge is 0.229 e. The third kappa shape index (κ3) is 3.46. The number of aromatic nitrogens is 4. The van der Waals surface area contributed by atoms with E-state index in [0.29, 0.717) is 5.95 Å². The topological polar surface area (TPSA) is 68.1 Å². The lowest BCUT2D eigenvalue weighted by atomic mass is 9.99. The minimum absolute atomic E-state index is 0.262. The van der Waals surface area contributed by atoms with E-state index >= 15 is 0 Å². The molecule has 7 heteroatoms. The Kier molecular flexibility index (Phi) is 4.67. The minimum atomic E-state index is 0.262. The summed E-state index contributed by atoms with van der Waals surface area (Å²) in [4.78, 5) is 11.6. The van der Waals surface area contributed by atoms with Gasteiger partial charge in [-0.2, -0.15) is 10.1 Å². The first-order chi connectivity index (χ1) is 14.2. The number of likely N-dealkylation sites (N-methyl/N-ethyl adjacent to an activating group) is 1. The minimum Gasteiger partial charge on any atom is -0.495 e. The third-order valence-electron chi connectivity index (χ3n) is 5.85. The van der Waals surface area contributed by atoms with Crippen molar-refractivity contribution in [1.82, 2.24) is 24.6 Å². The Morgan fingerprint density at radius 3 is 2.97 bits per heavy atom. The standard InChI is InChI=1S/C22H26N6O/c1-27-9-8-15-11-20(29-2)19(10-16(15)14-27)25-22-23-12-17-13-24-28(21(17)26-22)18-6-4-3-5-7-18/h4,6,10-13,18H,3,5,7-9,14H2,1-2H3,(H,23,25,26). The predicted molar refractivity (Wildman–Crippen MR) is 114 cm³/mol. The van der Waals surface area contributed by atoms with E-state index in [9.17, 15) is 0 Å². The molecular weight excluding hydrogens is 364 g/mol. The Labute approximate surface area is 170 Å². The number of rotatable bonds is 4. The molecule has 3 heterocycles. The predicted octanol–water partition coefficient (Wildman–Crippen LogP) is 3.85. The van der Waals surface area contributed by atoms with Crippen LogP contribution in [0.1, 0.15) is 36.4 Å². The van der Waals surface area contributed by atoms with Gasteiger partial charge in [-0.3, -0.25) is 0 Å². The van der Waals surface area contributed by atoms with Crippen LogP contribution in [0.2, 0.25) is 0 Å². The van der Waals surface area contributed by atoms with Gasteiger partial charge in [0.15, 0.2) is 5.65 Å². The van der Waals surface area contributed by atoms with Crippen molar-refractivity contribution in [3.63, 3.8) is 0 Å². The van der Waals surface area contributed by atoms with Gasteiger partial charge >= 0.3 is 0 Å². The molecule has 1 aliphatic carbocycles.